The van der Waals surface area contributed by atoms with Crippen molar-refractivity contribution in [3.05, 3.63) is 78.3 Å². The lowest BCUT2D eigenvalue weighted by Gasteiger charge is -2.15. The Bertz CT molecular complexity index is 934. The molecule has 150 valence electrons. The van der Waals surface area contributed by atoms with Crippen LogP contribution in [0, 0.1) is 0 Å². The molecule has 3 aromatic rings. The topological polar surface area (TPSA) is 89.8 Å². The Labute approximate surface area is 168 Å². The molecule has 0 radical (unpaired) electrons. The van der Waals surface area contributed by atoms with E-state index in [1.807, 2.05) is 0 Å². The molecule has 29 heavy (non-hydrogen) atoms. The Hall–Kier alpha value is -3.74. The fourth-order valence-corrected chi connectivity index (χ4v) is 2.54. The van der Waals surface area contributed by atoms with Crippen molar-refractivity contribution in [2.75, 3.05) is 12.4 Å². The van der Waals surface area contributed by atoms with Crippen LogP contribution in [-0.2, 0) is 11.3 Å². The molecule has 0 bridgehead atoms. The van der Waals surface area contributed by atoms with Crippen molar-refractivity contribution in [2.24, 2.45) is 0 Å². The Kier molecular flexibility index (Phi) is 6.52. The smallest absolute Gasteiger partial charge is 0.265 e. The standard InChI is InChI=1S/C22H22N2O5/c1-15(29-19-11-9-18(27-2)10-12-19)21(25)24-17-7-5-16(6-8-17)22(26)23-14-20-4-3-13-28-20/h3-13,15H,14H2,1-2H3,(H,23,26)(H,24,25). The third kappa shape index (κ3) is 5.62. The number of ether oxygens (including phenoxy) is 2. The molecule has 0 aliphatic rings. The van der Waals surface area contributed by atoms with E-state index in [2.05, 4.69) is 10.6 Å². The predicted octanol–water partition coefficient (Wildman–Crippen LogP) is 3.62. The van der Waals surface area contributed by atoms with Gasteiger partial charge in [-0.1, -0.05) is 0 Å². The van der Waals surface area contributed by atoms with E-state index >= 15 is 0 Å². The zero-order valence-corrected chi connectivity index (χ0v) is 16.2. The van der Waals surface area contributed by atoms with E-state index in [0.717, 1.165) is 0 Å². The van der Waals surface area contributed by atoms with Crippen LogP contribution in [0.25, 0.3) is 0 Å². The van der Waals surface area contributed by atoms with E-state index in [9.17, 15) is 9.59 Å². The zero-order chi connectivity index (χ0) is 20.6. The van der Waals surface area contributed by atoms with Gasteiger partial charge in [0.25, 0.3) is 11.8 Å². The Balaban J connectivity index is 1.51. The van der Waals surface area contributed by atoms with Gasteiger partial charge in [-0.2, -0.15) is 0 Å². The van der Waals surface area contributed by atoms with Crippen LogP contribution in [0.3, 0.4) is 0 Å². The van der Waals surface area contributed by atoms with Gasteiger partial charge in [0.2, 0.25) is 0 Å². The van der Waals surface area contributed by atoms with Crippen molar-refractivity contribution in [3.63, 3.8) is 0 Å². The van der Waals surface area contributed by atoms with Gasteiger partial charge in [0.15, 0.2) is 6.10 Å². The van der Waals surface area contributed by atoms with Crippen LogP contribution in [0.1, 0.15) is 23.0 Å². The van der Waals surface area contributed by atoms with Gasteiger partial charge in [0, 0.05) is 11.3 Å². The first-order valence-electron chi connectivity index (χ1n) is 9.07. The molecule has 1 atom stereocenters. The van der Waals surface area contributed by atoms with Crippen molar-refractivity contribution >= 4 is 17.5 Å². The Morgan fingerprint density at radius 1 is 1.00 bits per heavy atom. The highest BCUT2D eigenvalue weighted by Gasteiger charge is 2.15. The van der Waals surface area contributed by atoms with Crippen LogP contribution < -0.4 is 20.1 Å². The van der Waals surface area contributed by atoms with Crippen molar-refractivity contribution < 1.29 is 23.5 Å². The second-order valence-electron chi connectivity index (χ2n) is 6.26. The molecule has 0 aliphatic heterocycles. The van der Waals surface area contributed by atoms with E-state index in [1.54, 1.807) is 81.0 Å². The van der Waals surface area contributed by atoms with Crippen LogP contribution in [-0.4, -0.2) is 25.0 Å². The highest BCUT2D eigenvalue weighted by atomic mass is 16.5. The maximum Gasteiger partial charge on any atom is 0.265 e. The normalized spacial score (nSPS) is 11.4. The number of nitrogens with one attached hydrogen (secondary N) is 2. The van der Waals surface area contributed by atoms with Gasteiger partial charge in [-0.15, -0.1) is 0 Å². The molecular formula is C22H22N2O5. The fraction of sp³-hybridized carbons (Fsp3) is 0.182. The van der Waals surface area contributed by atoms with Crippen LogP contribution in [0.15, 0.2) is 71.3 Å². The maximum atomic E-state index is 12.3. The lowest BCUT2D eigenvalue weighted by Crippen LogP contribution is -2.30. The summed E-state index contributed by atoms with van der Waals surface area (Å²) < 4.78 is 15.9. The first-order valence-corrected chi connectivity index (χ1v) is 9.07. The molecular weight excluding hydrogens is 372 g/mol. The Morgan fingerprint density at radius 3 is 2.31 bits per heavy atom. The minimum Gasteiger partial charge on any atom is -0.497 e. The summed E-state index contributed by atoms with van der Waals surface area (Å²) in [6.07, 6.45) is 0.859. The van der Waals surface area contributed by atoms with Gasteiger partial charge in [0.1, 0.15) is 17.3 Å². The number of carbonyl (C=O) groups is 2. The van der Waals surface area contributed by atoms with Gasteiger partial charge >= 0.3 is 0 Å². The number of rotatable bonds is 8. The largest absolute Gasteiger partial charge is 0.497 e. The van der Waals surface area contributed by atoms with Crippen LogP contribution >= 0.6 is 0 Å². The third-order valence-corrected chi connectivity index (χ3v) is 4.16. The average molecular weight is 394 g/mol. The van der Waals surface area contributed by atoms with Crippen molar-refractivity contribution in [3.8, 4) is 11.5 Å². The molecule has 1 unspecified atom stereocenters. The summed E-state index contributed by atoms with van der Waals surface area (Å²) in [7, 11) is 1.58. The summed E-state index contributed by atoms with van der Waals surface area (Å²) in [5.74, 6) is 1.43. The summed E-state index contributed by atoms with van der Waals surface area (Å²) in [6, 6.07) is 17.2. The van der Waals surface area contributed by atoms with E-state index in [0.29, 0.717) is 35.1 Å². The molecule has 2 aromatic carbocycles. The highest BCUT2D eigenvalue weighted by molar-refractivity contribution is 5.96. The molecule has 2 amide bonds. The molecule has 7 heteroatoms. The summed E-state index contributed by atoms with van der Waals surface area (Å²) in [6.45, 7) is 1.97. The SMILES string of the molecule is COc1ccc(OC(C)C(=O)Nc2ccc(C(=O)NCc3ccco3)cc2)cc1. The first kappa shape index (κ1) is 20.0. The minimum absolute atomic E-state index is 0.226. The number of carbonyl (C=O) groups excluding carboxylic acids is 2. The van der Waals surface area contributed by atoms with E-state index in [4.69, 9.17) is 13.9 Å². The van der Waals surface area contributed by atoms with Crippen molar-refractivity contribution in [1.82, 2.24) is 5.32 Å². The lowest BCUT2D eigenvalue weighted by molar-refractivity contribution is -0.122. The van der Waals surface area contributed by atoms with Gasteiger partial charge < -0.3 is 24.5 Å². The zero-order valence-electron chi connectivity index (χ0n) is 16.2. The number of benzene rings is 2. The van der Waals surface area contributed by atoms with Gasteiger partial charge in [0.05, 0.1) is 19.9 Å². The third-order valence-electron chi connectivity index (χ3n) is 4.16. The summed E-state index contributed by atoms with van der Waals surface area (Å²) >= 11 is 0. The van der Waals surface area contributed by atoms with Crippen LogP contribution in [0.5, 0.6) is 11.5 Å². The van der Waals surface area contributed by atoms with E-state index in [-0.39, 0.29) is 11.8 Å². The van der Waals surface area contributed by atoms with Crippen LogP contribution in [0.2, 0.25) is 0 Å². The van der Waals surface area contributed by atoms with Crippen molar-refractivity contribution in [2.45, 2.75) is 19.6 Å². The molecule has 7 nitrogen and oxygen atoms in total. The van der Waals surface area contributed by atoms with Gasteiger partial charge in [-0.05, 0) is 67.6 Å². The lowest BCUT2D eigenvalue weighted by atomic mass is 10.2. The number of anilines is 1. The number of hydrogen-bond donors (Lipinski definition) is 2. The summed E-state index contributed by atoms with van der Waals surface area (Å²) in [4.78, 5) is 24.5. The molecule has 0 spiro atoms. The number of furan rings is 1. The quantitative estimate of drug-likeness (QED) is 0.609. The van der Waals surface area contributed by atoms with Gasteiger partial charge in [-0.3, -0.25) is 9.59 Å². The first-order chi connectivity index (χ1) is 14.0. The molecule has 3 rings (SSSR count). The second-order valence-corrected chi connectivity index (χ2v) is 6.26. The number of amides is 2. The molecule has 1 aromatic heterocycles. The predicted molar refractivity (Wildman–Crippen MR) is 108 cm³/mol. The monoisotopic (exact) mass is 394 g/mol. The minimum atomic E-state index is -0.695. The molecule has 0 saturated carbocycles. The summed E-state index contributed by atoms with van der Waals surface area (Å²) in [5, 5.41) is 5.54. The number of methoxy groups -OCH3 is 1. The number of hydrogen-bond acceptors (Lipinski definition) is 5. The summed E-state index contributed by atoms with van der Waals surface area (Å²) in [5.41, 5.74) is 1.06. The van der Waals surface area contributed by atoms with Crippen LogP contribution in [0.4, 0.5) is 5.69 Å². The van der Waals surface area contributed by atoms with E-state index < -0.39 is 6.10 Å². The molecule has 2 N–H and O–H groups in total. The molecule has 0 saturated heterocycles. The maximum absolute atomic E-state index is 12.3. The average Bonchev–Trinajstić information content (AvgIpc) is 3.26. The van der Waals surface area contributed by atoms with Gasteiger partial charge in [-0.25, -0.2) is 0 Å². The van der Waals surface area contributed by atoms with E-state index in [1.165, 1.54) is 0 Å². The Morgan fingerprint density at radius 2 is 1.69 bits per heavy atom. The second kappa shape index (κ2) is 9.45. The molecule has 0 fully saturated rings. The fourth-order valence-electron chi connectivity index (χ4n) is 2.54. The molecule has 1 heterocycles. The van der Waals surface area contributed by atoms with Crippen molar-refractivity contribution in [1.29, 1.82) is 0 Å². The highest BCUT2D eigenvalue weighted by Crippen LogP contribution is 2.19. The molecule has 0 aliphatic carbocycles.